The Bertz CT molecular complexity index is 279. The van der Waals surface area contributed by atoms with Gasteiger partial charge in [-0.05, 0) is 19.8 Å². The highest BCUT2D eigenvalue weighted by molar-refractivity contribution is 4.96. The molecule has 0 aromatic carbocycles. The van der Waals surface area contributed by atoms with Crippen LogP contribution >= 0.6 is 0 Å². The maximum absolute atomic E-state index is 6.11. The van der Waals surface area contributed by atoms with Gasteiger partial charge in [-0.3, -0.25) is 0 Å². The summed E-state index contributed by atoms with van der Waals surface area (Å²) < 4.78 is 2.04. The third-order valence-electron chi connectivity index (χ3n) is 2.71. The van der Waals surface area contributed by atoms with Gasteiger partial charge in [-0.15, -0.1) is 10.2 Å². The summed E-state index contributed by atoms with van der Waals surface area (Å²) in [4.78, 5) is 0. The molecule has 0 aliphatic heterocycles. The fraction of sp³-hybridized carbons (Fsp3) is 0.800. The van der Waals surface area contributed by atoms with Crippen LogP contribution in [-0.2, 0) is 0 Å². The highest BCUT2D eigenvalue weighted by atomic mass is 15.3. The largest absolute Gasteiger partial charge is 0.321 e. The molecule has 14 heavy (non-hydrogen) atoms. The molecule has 4 heteroatoms. The summed E-state index contributed by atoms with van der Waals surface area (Å²) in [6.45, 7) is 8.50. The summed E-state index contributed by atoms with van der Waals surface area (Å²) in [7, 11) is 0. The normalized spacial score (nSPS) is 15.9. The minimum absolute atomic E-state index is 0.00935. The van der Waals surface area contributed by atoms with Gasteiger partial charge in [0.05, 0.1) is 6.04 Å². The quantitative estimate of drug-likeness (QED) is 0.800. The molecule has 1 aromatic heterocycles. The Labute approximate surface area is 85.5 Å². The maximum atomic E-state index is 6.11. The summed E-state index contributed by atoms with van der Waals surface area (Å²) in [5, 5.41) is 8.01. The predicted molar refractivity (Wildman–Crippen MR) is 56.8 cm³/mol. The molecule has 1 heterocycles. The molecule has 0 saturated carbocycles. The van der Waals surface area contributed by atoms with Crippen LogP contribution in [0.2, 0.25) is 0 Å². The van der Waals surface area contributed by atoms with E-state index in [9.17, 15) is 0 Å². The molecular weight excluding hydrogens is 176 g/mol. The Kier molecular flexibility index (Phi) is 3.63. The van der Waals surface area contributed by atoms with Gasteiger partial charge in [0.15, 0.2) is 0 Å². The van der Waals surface area contributed by atoms with Crippen molar-refractivity contribution in [3.8, 4) is 0 Å². The molecule has 2 atom stereocenters. The molecule has 0 amide bonds. The van der Waals surface area contributed by atoms with E-state index in [2.05, 4.69) is 37.9 Å². The average molecular weight is 196 g/mol. The molecule has 0 radical (unpaired) electrons. The molecule has 0 saturated heterocycles. The molecule has 4 nitrogen and oxygen atoms in total. The van der Waals surface area contributed by atoms with Gasteiger partial charge in [0.1, 0.15) is 12.2 Å². The fourth-order valence-corrected chi connectivity index (χ4v) is 1.40. The molecule has 0 aliphatic carbocycles. The Hall–Kier alpha value is -0.900. The van der Waals surface area contributed by atoms with E-state index in [0.29, 0.717) is 12.0 Å². The van der Waals surface area contributed by atoms with Crippen molar-refractivity contribution in [3.63, 3.8) is 0 Å². The van der Waals surface area contributed by atoms with Crippen LogP contribution in [0.15, 0.2) is 6.33 Å². The first-order chi connectivity index (χ1) is 6.57. The zero-order valence-corrected chi connectivity index (χ0v) is 9.44. The zero-order valence-electron chi connectivity index (χ0n) is 9.44. The number of aromatic nitrogens is 3. The topological polar surface area (TPSA) is 56.7 Å². The Morgan fingerprint density at radius 1 is 1.43 bits per heavy atom. The van der Waals surface area contributed by atoms with E-state index in [1.54, 1.807) is 6.33 Å². The molecule has 1 aromatic rings. The first-order valence-electron chi connectivity index (χ1n) is 5.22. The van der Waals surface area contributed by atoms with Gasteiger partial charge in [0.25, 0.3) is 0 Å². The minimum atomic E-state index is -0.00935. The van der Waals surface area contributed by atoms with Gasteiger partial charge >= 0.3 is 0 Å². The number of rotatable bonds is 4. The summed E-state index contributed by atoms with van der Waals surface area (Å²) in [5.74, 6) is 1.34. The lowest BCUT2D eigenvalue weighted by Crippen LogP contribution is -2.23. The number of nitrogens with two attached hydrogens (primary N) is 1. The molecule has 1 rings (SSSR count). The second-order valence-electron chi connectivity index (χ2n) is 4.10. The van der Waals surface area contributed by atoms with Crippen LogP contribution in [0.25, 0.3) is 0 Å². The van der Waals surface area contributed by atoms with Crippen LogP contribution in [0.3, 0.4) is 0 Å². The Morgan fingerprint density at radius 2 is 2.07 bits per heavy atom. The maximum Gasteiger partial charge on any atom is 0.150 e. The molecule has 80 valence electrons. The standard InChI is InChI=1S/C10H20N4/c1-5-8(4)9(11)10-13-12-6-14(10)7(2)3/h6-9H,5,11H2,1-4H3/t8?,9-/m0/s1. The second-order valence-corrected chi connectivity index (χ2v) is 4.10. The van der Waals surface area contributed by atoms with Crippen molar-refractivity contribution in [2.75, 3.05) is 0 Å². The minimum Gasteiger partial charge on any atom is -0.321 e. The van der Waals surface area contributed by atoms with E-state index in [1.165, 1.54) is 0 Å². The molecule has 0 spiro atoms. The lowest BCUT2D eigenvalue weighted by Gasteiger charge is -2.19. The number of nitrogens with zero attached hydrogens (tertiary/aromatic N) is 3. The lowest BCUT2D eigenvalue weighted by molar-refractivity contribution is 0.412. The van der Waals surface area contributed by atoms with Crippen molar-refractivity contribution in [1.29, 1.82) is 0 Å². The third kappa shape index (κ3) is 2.12. The highest BCUT2D eigenvalue weighted by Gasteiger charge is 2.19. The molecule has 1 unspecified atom stereocenters. The Balaban J connectivity index is 2.89. The van der Waals surface area contributed by atoms with Crippen LogP contribution in [0, 0.1) is 5.92 Å². The summed E-state index contributed by atoms with van der Waals surface area (Å²) in [6.07, 6.45) is 2.81. The Morgan fingerprint density at radius 3 is 2.57 bits per heavy atom. The van der Waals surface area contributed by atoms with Crippen molar-refractivity contribution in [3.05, 3.63) is 12.2 Å². The molecule has 0 fully saturated rings. The van der Waals surface area contributed by atoms with Crippen molar-refractivity contribution in [2.45, 2.75) is 46.2 Å². The summed E-state index contributed by atoms with van der Waals surface area (Å²) in [5.41, 5.74) is 6.11. The highest BCUT2D eigenvalue weighted by Crippen LogP contribution is 2.21. The van der Waals surface area contributed by atoms with Crippen LogP contribution in [0.1, 0.15) is 52.0 Å². The van der Waals surface area contributed by atoms with Gasteiger partial charge < -0.3 is 10.3 Å². The van der Waals surface area contributed by atoms with Crippen LogP contribution < -0.4 is 5.73 Å². The average Bonchev–Trinajstić information content (AvgIpc) is 2.63. The lowest BCUT2D eigenvalue weighted by atomic mass is 9.99. The van der Waals surface area contributed by atoms with E-state index in [4.69, 9.17) is 5.73 Å². The molecular formula is C10H20N4. The zero-order chi connectivity index (χ0) is 10.7. The van der Waals surface area contributed by atoms with Crippen molar-refractivity contribution in [2.24, 2.45) is 11.7 Å². The van der Waals surface area contributed by atoms with Crippen molar-refractivity contribution in [1.82, 2.24) is 14.8 Å². The summed E-state index contributed by atoms with van der Waals surface area (Å²) in [6, 6.07) is 0.361. The van der Waals surface area contributed by atoms with Gasteiger partial charge in [-0.1, -0.05) is 20.3 Å². The molecule has 0 aliphatic rings. The number of hydrogen-bond acceptors (Lipinski definition) is 3. The van der Waals surface area contributed by atoms with Gasteiger partial charge in [0, 0.05) is 6.04 Å². The van der Waals surface area contributed by atoms with Gasteiger partial charge in [-0.25, -0.2) is 0 Å². The predicted octanol–water partition coefficient (Wildman–Crippen LogP) is 1.90. The molecule has 0 bridgehead atoms. The van der Waals surface area contributed by atoms with E-state index >= 15 is 0 Å². The van der Waals surface area contributed by atoms with Crippen LogP contribution in [0.4, 0.5) is 0 Å². The summed E-state index contributed by atoms with van der Waals surface area (Å²) >= 11 is 0. The van der Waals surface area contributed by atoms with Crippen LogP contribution in [0.5, 0.6) is 0 Å². The van der Waals surface area contributed by atoms with Gasteiger partial charge in [0.2, 0.25) is 0 Å². The van der Waals surface area contributed by atoms with Crippen LogP contribution in [-0.4, -0.2) is 14.8 Å². The second kappa shape index (κ2) is 4.55. The van der Waals surface area contributed by atoms with E-state index in [0.717, 1.165) is 12.2 Å². The van der Waals surface area contributed by atoms with E-state index in [-0.39, 0.29) is 6.04 Å². The SMILES string of the molecule is CCC(C)[C@H](N)c1nncn1C(C)C. The number of hydrogen-bond donors (Lipinski definition) is 1. The first kappa shape index (κ1) is 11.2. The van der Waals surface area contributed by atoms with Gasteiger partial charge in [-0.2, -0.15) is 0 Å². The monoisotopic (exact) mass is 196 g/mol. The third-order valence-corrected chi connectivity index (χ3v) is 2.71. The van der Waals surface area contributed by atoms with Crippen molar-refractivity contribution < 1.29 is 0 Å². The molecule has 2 N–H and O–H groups in total. The van der Waals surface area contributed by atoms with E-state index < -0.39 is 0 Å². The fourth-order valence-electron chi connectivity index (χ4n) is 1.40. The van der Waals surface area contributed by atoms with Crippen molar-refractivity contribution >= 4 is 0 Å². The van der Waals surface area contributed by atoms with E-state index in [1.807, 2.05) is 4.57 Å². The smallest absolute Gasteiger partial charge is 0.150 e. The first-order valence-corrected chi connectivity index (χ1v) is 5.22.